The van der Waals surface area contributed by atoms with Crippen LogP contribution in [0.15, 0.2) is 30.6 Å². The van der Waals surface area contributed by atoms with Crippen LogP contribution in [-0.4, -0.2) is 22.9 Å². The Bertz CT molecular complexity index is 629. The van der Waals surface area contributed by atoms with Gasteiger partial charge in [0.1, 0.15) is 0 Å². The van der Waals surface area contributed by atoms with Crippen molar-refractivity contribution in [3.05, 3.63) is 36.2 Å². The number of aromatic nitrogens is 2. The standard InChI is InChI=1S/C14H15N3O2/c1-19-14(18)13-6-10(15)2-5-12(13)9-7-16-17(8-9)11-3-4-11/h2,5-8,11H,3-4,15H2,1H3. The molecule has 0 bridgehead atoms. The van der Waals surface area contributed by atoms with Gasteiger partial charge in [0, 0.05) is 17.4 Å². The van der Waals surface area contributed by atoms with Crippen molar-refractivity contribution in [2.24, 2.45) is 0 Å². The van der Waals surface area contributed by atoms with Crippen molar-refractivity contribution in [2.75, 3.05) is 12.8 Å². The van der Waals surface area contributed by atoms with E-state index in [1.54, 1.807) is 18.3 Å². The number of anilines is 1. The molecule has 19 heavy (non-hydrogen) atoms. The smallest absolute Gasteiger partial charge is 0.338 e. The molecule has 1 aromatic carbocycles. The number of ether oxygens (including phenoxy) is 1. The summed E-state index contributed by atoms with van der Waals surface area (Å²) in [6.45, 7) is 0. The first-order valence-corrected chi connectivity index (χ1v) is 6.21. The molecule has 1 heterocycles. The number of esters is 1. The van der Waals surface area contributed by atoms with Gasteiger partial charge in [-0.1, -0.05) is 6.07 Å². The number of nitrogens with zero attached hydrogens (tertiary/aromatic N) is 2. The molecular weight excluding hydrogens is 242 g/mol. The van der Waals surface area contributed by atoms with Crippen LogP contribution in [0.25, 0.3) is 11.1 Å². The summed E-state index contributed by atoms with van der Waals surface area (Å²) in [5.41, 5.74) is 8.45. The third kappa shape index (κ3) is 2.19. The highest BCUT2D eigenvalue weighted by Gasteiger charge is 2.25. The Morgan fingerprint density at radius 1 is 1.47 bits per heavy atom. The number of rotatable bonds is 3. The number of nitrogens with two attached hydrogens (primary N) is 1. The molecule has 2 N–H and O–H groups in total. The van der Waals surface area contributed by atoms with Crippen LogP contribution in [-0.2, 0) is 4.74 Å². The number of benzene rings is 1. The maximum absolute atomic E-state index is 11.8. The van der Waals surface area contributed by atoms with Gasteiger partial charge < -0.3 is 10.5 Å². The average Bonchev–Trinajstić information content (AvgIpc) is 3.16. The summed E-state index contributed by atoms with van der Waals surface area (Å²) in [7, 11) is 1.36. The van der Waals surface area contributed by atoms with Crippen LogP contribution < -0.4 is 5.73 Å². The SMILES string of the molecule is COC(=O)c1cc(N)ccc1-c1cnn(C2CC2)c1. The van der Waals surface area contributed by atoms with E-state index in [1.807, 2.05) is 16.9 Å². The minimum atomic E-state index is -0.388. The van der Waals surface area contributed by atoms with E-state index in [0.717, 1.165) is 11.1 Å². The second-order valence-electron chi connectivity index (χ2n) is 4.74. The van der Waals surface area contributed by atoms with Crippen LogP contribution in [0.3, 0.4) is 0 Å². The molecule has 0 unspecified atom stereocenters. The molecule has 5 nitrogen and oxygen atoms in total. The van der Waals surface area contributed by atoms with Gasteiger partial charge in [0.05, 0.1) is 24.9 Å². The highest BCUT2D eigenvalue weighted by Crippen LogP contribution is 2.35. The molecule has 1 aromatic heterocycles. The normalized spacial score (nSPS) is 14.4. The van der Waals surface area contributed by atoms with Gasteiger partial charge in [-0.15, -0.1) is 0 Å². The van der Waals surface area contributed by atoms with Crippen LogP contribution >= 0.6 is 0 Å². The van der Waals surface area contributed by atoms with Gasteiger partial charge >= 0.3 is 5.97 Å². The molecule has 98 valence electrons. The van der Waals surface area contributed by atoms with Crippen molar-refractivity contribution in [3.63, 3.8) is 0 Å². The molecule has 0 amide bonds. The summed E-state index contributed by atoms with van der Waals surface area (Å²) in [4.78, 5) is 11.8. The van der Waals surface area contributed by atoms with E-state index in [2.05, 4.69) is 5.10 Å². The van der Waals surface area contributed by atoms with E-state index in [0.29, 0.717) is 17.3 Å². The van der Waals surface area contributed by atoms with E-state index >= 15 is 0 Å². The van der Waals surface area contributed by atoms with E-state index in [9.17, 15) is 4.79 Å². The number of methoxy groups -OCH3 is 1. The van der Waals surface area contributed by atoms with Crippen LogP contribution in [0, 0.1) is 0 Å². The Labute approximate surface area is 111 Å². The van der Waals surface area contributed by atoms with Gasteiger partial charge in [-0.25, -0.2) is 4.79 Å². The van der Waals surface area contributed by atoms with Crippen molar-refractivity contribution >= 4 is 11.7 Å². The number of carbonyl (C=O) groups excluding carboxylic acids is 1. The lowest BCUT2D eigenvalue weighted by Gasteiger charge is -2.07. The summed E-state index contributed by atoms with van der Waals surface area (Å²) < 4.78 is 6.75. The molecule has 3 rings (SSSR count). The maximum Gasteiger partial charge on any atom is 0.338 e. The van der Waals surface area contributed by atoms with Crippen molar-refractivity contribution in [2.45, 2.75) is 18.9 Å². The summed E-state index contributed by atoms with van der Waals surface area (Å²) >= 11 is 0. The molecule has 0 saturated heterocycles. The van der Waals surface area contributed by atoms with E-state index in [4.69, 9.17) is 10.5 Å². The Balaban J connectivity index is 2.04. The Morgan fingerprint density at radius 3 is 2.95 bits per heavy atom. The monoisotopic (exact) mass is 257 g/mol. The predicted octanol–water partition coefficient (Wildman–Crippen LogP) is 2.25. The molecule has 1 aliphatic carbocycles. The topological polar surface area (TPSA) is 70.1 Å². The molecule has 2 aromatic rings. The zero-order valence-electron chi connectivity index (χ0n) is 10.7. The average molecular weight is 257 g/mol. The lowest BCUT2D eigenvalue weighted by molar-refractivity contribution is 0.0601. The van der Waals surface area contributed by atoms with Crippen molar-refractivity contribution in [3.8, 4) is 11.1 Å². The van der Waals surface area contributed by atoms with E-state index < -0.39 is 0 Å². The number of hydrogen-bond donors (Lipinski definition) is 1. The lowest BCUT2D eigenvalue weighted by Crippen LogP contribution is -2.04. The molecule has 1 saturated carbocycles. The second-order valence-corrected chi connectivity index (χ2v) is 4.74. The molecule has 0 radical (unpaired) electrons. The summed E-state index contributed by atoms with van der Waals surface area (Å²) in [6.07, 6.45) is 6.09. The Morgan fingerprint density at radius 2 is 2.26 bits per heavy atom. The molecule has 5 heteroatoms. The zero-order chi connectivity index (χ0) is 13.4. The van der Waals surface area contributed by atoms with Gasteiger partial charge in [-0.05, 0) is 30.5 Å². The molecule has 1 aliphatic rings. The third-order valence-electron chi connectivity index (χ3n) is 3.28. The minimum absolute atomic E-state index is 0.388. The Kier molecular flexibility index (Phi) is 2.74. The fourth-order valence-electron chi connectivity index (χ4n) is 2.11. The fraction of sp³-hybridized carbons (Fsp3) is 0.286. The van der Waals surface area contributed by atoms with Crippen molar-refractivity contribution in [1.82, 2.24) is 9.78 Å². The van der Waals surface area contributed by atoms with Gasteiger partial charge in [0.15, 0.2) is 0 Å². The second kappa shape index (κ2) is 4.42. The highest BCUT2D eigenvalue weighted by molar-refractivity contribution is 5.98. The van der Waals surface area contributed by atoms with E-state index in [1.165, 1.54) is 20.0 Å². The maximum atomic E-state index is 11.8. The van der Waals surface area contributed by atoms with Crippen molar-refractivity contribution < 1.29 is 9.53 Å². The first-order chi connectivity index (χ1) is 9.19. The third-order valence-corrected chi connectivity index (χ3v) is 3.28. The molecule has 0 spiro atoms. The number of hydrogen-bond acceptors (Lipinski definition) is 4. The first kappa shape index (κ1) is 11.8. The van der Waals surface area contributed by atoms with Crippen LogP contribution in [0.2, 0.25) is 0 Å². The Hall–Kier alpha value is -2.30. The zero-order valence-corrected chi connectivity index (χ0v) is 10.7. The fourth-order valence-corrected chi connectivity index (χ4v) is 2.11. The highest BCUT2D eigenvalue weighted by atomic mass is 16.5. The number of carbonyl (C=O) groups is 1. The quantitative estimate of drug-likeness (QED) is 0.676. The van der Waals surface area contributed by atoms with Crippen molar-refractivity contribution in [1.29, 1.82) is 0 Å². The largest absolute Gasteiger partial charge is 0.465 e. The summed E-state index contributed by atoms with van der Waals surface area (Å²) in [6, 6.07) is 5.76. The van der Waals surface area contributed by atoms with Gasteiger partial charge in [-0.3, -0.25) is 4.68 Å². The molecular formula is C14H15N3O2. The van der Waals surface area contributed by atoms with Gasteiger partial charge in [0.2, 0.25) is 0 Å². The minimum Gasteiger partial charge on any atom is -0.465 e. The number of nitrogen functional groups attached to an aromatic ring is 1. The lowest BCUT2D eigenvalue weighted by atomic mass is 10.0. The predicted molar refractivity (Wildman–Crippen MR) is 71.7 cm³/mol. The summed E-state index contributed by atoms with van der Waals surface area (Å²) in [5.74, 6) is -0.388. The molecule has 0 atom stereocenters. The van der Waals surface area contributed by atoms with Gasteiger partial charge in [-0.2, -0.15) is 5.10 Å². The molecule has 1 fully saturated rings. The first-order valence-electron chi connectivity index (χ1n) is 6.21. The van der Waals surface area contributed by atoms with Gasteiger partial charge in [0.25, 0.3) is 0 Å². The van der Waals surface area contributed by atoms with Crippen LogP contribution in [0.4, 0.5) is 5.69 Å². The summed E-state index contributed by atoms with van der Waals surface area (Å²) in [5, 5.41) is 4.34. The van der Waals surface area contributed by atoms with Crippen LogP contribution in [0.1, 0.15) is 29.2 Å². The van der Waals surface area contributed by atoms with E-state index in [-0.39, 0.29) is 5.97 Å². The molecule has 0 aliphatic heterocycles. The van der Waals surface area contributed by atoms with Crippen LogP contribution in [0.5, 0.6) is 0 Å².